The second-order valence-corrected chi connectivity index (χ2v) is 6.37. The van der Waals surface area contributed by atoms with Crippen molar-refractivity contribution in [2.24, 2.45) is 0 Å². The highest BCUT2D eigenvalue weighted by Gasteiger charge is 2.22. The Labute approximate surface area is 123 Å². The van der Waals surface area contributed by atoms with Crippen LogP contribution in [0.5, 0.6) is 5.75 Å². The van der Waals surface area contributed by atoms with Crippen molar-refractivity contribution in [2.75, 3.05) is 24.6 Å². The van der Waals surface area contributed by atoms with Gasteiger partial charge in [0.05, 0.1) is 11.7 Å². The molecule has 1 fully saturated rings. The molecule has 1 saturated heterocycles. The highest BCUT2D eigenvalue weighted by atomic mass is 35.5. The first-order valence-corrected chi connectivity index (χ1v) is 7.94. The van der Waals surface area contributed by atoms with Crippen LogP contribution in [0.2, 0.25) is 5.02 Å². The molecule has 104 valence electrons. The highest BCUT2D eigenvalue weighted by Crippen LogP contribution is 2.26. The number of rotatable bonds is 3. The normalized spacial score (nSPS) is 15.7. The molecule has 0 spiro atoms. The van der Waals surface area contributed by atoms with Gasteiger partial charge in [0, 0.05) is 29.6 Å². The van der Waals surface area contributed by atoms with Crippen LogP contribution in [0.15, 0.2) is 18.2 Å². The lowest BCUT2D eigenvalue weighted by molar-refractivity contribution is 0.0766. The highest BCUT2D eigenvalue weighted by molar-refractivity contribution is 7.99. The van der Waals surface area contributed by atoms with Crippen molar-refractivity contribution in [3.63, 3.8) is 0 Å². The zero-order valence-electron chi connectivity index (χ0n) is 11.2. The second-order valence-electron chi connectivity index (χ2n) is 4.71. The Kier molecular flexibility index (Phi) is 4.99. The number of nitrogens with zero attached hydrogens (tertiary/aromatic N) is 1. The van der Waals surface area contributed by atoms with Crippen LogP contribution < -0.4 is 4.74 Å². The summed E-state index contributed by atoms with van der Waals surface area (Å²) in [5, 5.41) is 0.561. The fraction of sp³-hybridized carbons (Fsp3) is 0.500. The lowest BCUT2D eigenvalue weighted by atomic mass is 10.1. The van der Waals surface area contributed by atoms with Gasteiger partial charge in [-0.2, -0.15) is 11.8 Å². The Morgan fingerprint density at radius 1 is 1.37 bits per heavy atom. The molecule has 2 rings (SSSR count). The van der Waals surface area contributed by atoms with Gasteiger partial charge in [-0.05, 0) is 32.0 Å². The third-order valence-electron chi connectivity index (χ3n) is 2.83. The summed E-state index contributed by atoms with van der Waals surface area (Å²) in [5.74, 6) is 2.61. The maximum Gasteiger partial charge on any atom is 0.257 e. The van der Waals surface area contributed by atoms with E-state index in [4.69, 9.17) is 16.3 Å². The van der Waals surface area contributed by atoms with Crippen molar-refractivity contribution in [2.45, 2.75) is 20.0 Å². The van der Waals surface area contributed by atoms with E-state index in [9.17, 15) is 4.79 Å². The van der Waals surface area contributed by atoms with Crippen molar-refractivity contribution in [3.8, 4) is 5.75 Å². The van der Waals surface area contributed by atoms with Gasteiger partial charge in [0.2, 0.25) is 0 Å². The van der Waals surface area contributed by atoms with Gasteiger partial charge in [0.25, 0.3) is 5.91 Å². The molecule has 1 aromatic carbocycles. The Bertz CT molecular complexity index is 459. The van der Waals surface area contributed by atoms with Crippen LogP contribution in [0.25, 0.3) is 0 Å². The van der Waals surface area contributed by atoms with E-state index >= 15 is 0 Å². The summed E-state index contributed by atoms with van der Waals surface area (Å²) in [6, 6.07) is 5.22. The van der Waals surface area contributed by atoms with Crippen LogP contribution in [-0.2, 0) is 0 Å². The molecule has 0 atom stereocenters. The minimum absolute atomic E-state index is 0.0125. The van der Waals surface area contributed by atoms with E-state index in [0.29, 0.717) is 16.3 Å². The van der Waals surface area contributed by atoms with Gasteiger partial charge in [-0.3, -0.25) is 4.79 Å². The maximum atomic E-state index is 12.5. The predicted octanol–water partition coefficient (Wildman–Crippen LogP) is 3.32. The summed E-state index contributed by atoms with van der Waals surface area (Å²) < 4.78 is 5.70. The summed E-state index contributed by atoms with van der Waals surface area (Å²) in [7, 11) is 0. The Morgan fingerprint density at radius 2 is 2.05 bits per heavy atom. The average Bonchev–Trinajstić information content (AvgIpc) is 2.40. The minimum atomic E-state index is 0.0125. The van der Waals surface area contributed by atoms with Crippen LogP contribution in [0.4, 0.5) is 0 Å². The topological polar surface area (TPSA) is 29.5 Å². The van der Waals surface area contributed by atoms with Gasteiger partial charge in [-0.15, -0.1) is 0 Å². The quantitative estimate of drug-likeness (QED) is 0.857. The zero-order chi connectivity index (χ0) is 13.8. The van der Waals surface area contributed by atoms with Crippen LogP contribution >= 0.6 is 23.4 Å². The van der Waals surface area contributed by atoms with Crippen molar-refractivity contribution in [3.05, 3.63) is 28.8 Å². The first-order chi connectivity index (χ1) is 9.08. The van der Waals surface area contributed by atoms with Crippen molar-refractivity contribution in [1.82, 2.24) is 4.90 Å². The van der Waals surface area contributed by atoms with Crippen LogP contribution in [0.3, 0.4) is 0 Å². The molecule has 3 nitrogen and oxygen atoms in total. The predicted molar refractivity (Wildman–Crippen MR) is 80.4 cm³/mol. The molecular weight excluding hydrogens is 282 g/mol. The van der Waals surface area contributed by atoms with E-state index in [1.807, 2.05) is 30.5 Å². The molecule has 5 heteroatoms. The minimum Gasteiger partial charge on any atom is -0.490 e. The molecule has 19 heavy (non-hydrogen) atoms. The van der Waals surface area contributed by atoms with Gasteiger partial charge in [-0.1, -0.05) is 11.6 Å². The molecule has 0 unspecified atom stereocenters. The molecule has 0 radical (unpaired) electrons. The molecule has 0 aromatic heterocycles. The van der Waals surface area contributed by atoms with Gasteiger partial charge >= 0.3 is 0 Å². The number of carbonyl (C=O) groups excluding carboxylic acids is 1. The van der Waals surface area contributed by atoms with Gasteiger partial charge in [-0.25, -0.2) is 0 Å². The summed E-state index contributed by atoms with van der Waals surface area (Å²) in [5.41, 5.74) is 0.563. The van der Waals surface area contributed by atoms with Crippen LogP contribution in [-0.4, -0.2) is 41.5 Å². The molecule has 0 bridgehead atoms. The number of hydrogen-bond acceptors (Lipinski definition) is 3. The standard InChI is InChI=1S/C14H18ClNO2S/c1-10(2)18-13-4-3-11(15)9-12(13)14(17)16-5-7-19-8-6-16/h3-4,9-10H,5-8H2,1-2H3. The number of thioether (sulfide) groups is 1. The number of benzene rings is 1. The van der Waals surface area contributed by atoms with Crippen LogP contribution in [0.1, 0.15) is 24.2 Å². The molecule has 1 aromatic rings. The largest absolute Gasteiger partial charge is 0.490 e. The molecule has 0 aliphatic carbocycles. The number of carbonyl (C=O) groups is 1. The summed E-state index contributed by atoms with van der Waals surface area (Å²) >= 11 is 7.88. The second kappa shape index (κ2) is 6.53. The van der Waals surface area contributed by atoms with Gasteiger partial charge in [0.1, 0.15) is 5.75 Å². The number of hydrogen-bond donors (Lipinski definition) is 0. The third-order valence-corrected chi connectivity index (χ3v) is 4.01. The summed E-state index contributed by atoms with van der Waals surface area (Å²) in [6.07, 6.45) is 0.0321. The van der Waals surface area contributed by atoms with E-state index in [-0.39, 0.29) is 12.0 Å². The molecule has 1 heterocycles. The van der Waals surface area contributed by atoms with E-state index < -0.39 is 0 Å². The van der Waals surface area contributed by atoms with E-state index in [1.54, 1.807) is 18.2 Å². The van der Waals surface area contributed by atoms with E-state index in [2.05, 4.69) is 0 Å². The number of amides is 1. The first kappa shape index (κ1) is 14.5. The monoisotopic (exact) mass is 299 g/mol. The molecule has 1 amide bonds. The Morgan fingerprint density at radius 3 is 2.68 bits per heavy atom. The van der Waals surface area contributed by atoms with E-state index in [1.165, 1.54) is 0 Å². The van der Waals surface area contributed by atoms with Crippen molar-refractivity contribution < 1.29 is 9.53 Å². The van der Waals surface area contributed by atoms with Crippen LogP contribution in [0, 0.1) is 0 Å². The number of ether oxygens (including phenoxy) is 1. The van der Waals surface area contributed by atoms with E-state index in [0.717, 1.165) is 24.6 Å². The average molecular weight is 300 g/mol. The number of halogens is 1. The van der Waals surface area contributed by atoms with Gasteiger partial charge < -0.3 is 9.64 Å². The SMILES string of the molecule is CC(C)Oc1ccc(Cl)cc1C(=O)N1CCSCC1. The Balaban J connectivity index is 2.25. The molecule has 1 aliphatic rings. The Hall–Kier alpha value is -0.870. The van der Waals surface area contributed by atoms with Gasteiger partial charge in [0.15, 0.2) is 0 Å². The maximum absolute atomic E-state index is 12.5. The molecule has 0 N–H and O–H groups in total. The molecule has 1 aliphatic heterocycles. The lowest BCUT2D eigenvalue weighted by Crippen LogP contribution is -2.38. The molecular formula is C14H18ClNO2S. The van der Waals surface area contributed by atoms with Crippen molar-refractivity contribution in [1.29, 1.82) is 0 Å². The lowest BCUT2D eigenvalue weighted by Gasteiger charge is -2.27. The first-order valence-electron chi connectivity index (χ1n) is 6.41. The fourth-order valence-electron chi connectivity index (χ4n) is 1.96. The zero-order valence-corrected chi connectivity index (χ0v) is 12.8. The summed E-state index contributed by atoms with van der Waals surface area (Å²) in [4.78, 5) is 14.4. The smallest absolute Gasteiger partial charge is 0.257 e. The fourth-order valence-corrected chi connectivity index (χ4v) is 3.04. The summed E-state index contributed by atoms with van der Waals surface area (Å²) in [6.45, 7) is 5.47. The molecule has 0 saturated carbocycles. The third kappa shape index (κ3) is 3.80. The van der Waals surface area contributed by atoms with Crippen molar-refractivity contribution >= 4 is 29.3 Å².